The van der Waals surface area contributed by atoms with E-state index in [2.05, 4.69) is 46.4 Å². The van der Waals surface area contributed by atoms with E-state index < -0.39 is 5.79 Å². The summed E-state index contributed by atoms with van der Waals surface area (Å²) in [5.74, 6) is 0.574. The fraction of sp³-hybridized carbons (Fsp3) is 0.652. The third-order valence-electron chi connectivity index (χ3n) is 5.26. The molecule has 0 spiro atoms. The second-order valence-electron chi connectivity index (χ2n) is 8.51. The van der Waals surface area contributed by atoms with E-state index in [1.54, 1.807) is 0 Å². The highest BCUT2D eigenvalue weighted by Gasteiger charge is 2.42. The van der Waals surface area contributed by atoms with Crippen LogP contribution in [-0.4, -0.2) is 24.6 Å². The van der Waals surface area contributed by atoms with Crippen LogP contribution in [0, 0.1) is 17.8 Å². The van der Waals surface area contributed by atoms with Crippen molar-refractivity contribution in [3.8, 4) is 0 Å². The summed E-state index contributed by atoms with van der Waals surface area (Å²) < 4.78 is 18.3. The molecule has 0 aromatic heterocycles. The molecule has 0 amide bonds. The van der Waals surface area contributed by atoms with Gasteiger partial charge in [-0.25, -0.2) is 0 Å². The maximum atomic E-state index is 6.24. The molecule has 0 bridgehead atoms. The number of benzene rings is 1. The van der Waals surface area contributed by atoms with Crippen molar-refractivity contribution in [2.24, 2.45) is 17.8 Å². The van der Waals surface area contributed by atoms with Crippen molar-refractivity contribution in [3.05, 3.63) is 48.0 Å². The van der Waals surface area contributed by atoms with Gasteiger partial charge in [0, 0.05) is 11.8 Å². The molecule has 4 atom stereocenters. The Kier molecular flexibility index (Phi) is 7.45. The lowest BCUT2D eigenvalue weighted by Gasteiger charge is -2.47. The topological polar surface area (TPSA) is 27.7 Å². The predicted octanol–water partition coefficient (Wildman–Crippen LogP) is 5.60. The Morgan fingerprint density at radius 1 is 1.15 bits per heavy atom. The van der Waals surface area contributed by atoms with E-state index in [9.17, 15) is 0 Å². The van der Waals surface area contributed by atoms with Gasteiger partial charge in [-0.15, -0.1) is 0 Å². The van der Waals surface area contributed by atoms with Gasteiger partial charge in [-0.1, -0.05) is 70.2 Å². The molecule has 2 rings (SSSR count). The van der Waals surface area contributed by atoms with Crippen molar-refractivity contribution in [2.75, 3.05) is 6.61 Å². The molecule has 146 valence electrons. The Morgan fingerprint density at radius 2 is 1.81 bits per heavy atom. The quantitative estimate of drug-likeness (QED) is 0.565. The summed E-state index contributed by atoms with van der Waals surface area (Å²) in [4.78, 5) is 0. The van der Waals surface area contributed by atoms with Gasteiger partial charge >= 0.3 is 0 Å². The highest BCUT2D eigenvalue weighted by molar-refractivity contribution is 5.13. The van der Waals surface area contributed by atoms with Crippen LogP contribution in [0.1, 0.15) is 53.5 Å². The molecule has 26 heavy (non-hydrogen) atoms. The van der Waals surface area contributed by atoms with Crippen LogP contribution in [0.2, 0.25) is 0 Å². The van der Waals surface area contributed by atoms with Crippen molar-refractivity contribution in [1.82, 2.24) is 0 Å². The predicted molar refractivity (Wildman–Crippen MR) is 107 cm³/mol. The Labute approximate surface area is 159 Å². The van der Waals surface area contributed by atoms with Gasteiger partial charge in [0.25, 0.3) is 0 Å². The number of rotatable bonds is 8. The van der Waals surface area contributed by atoms with Crippen molar-refractivity contribution >= 4 is 0 Å². The molecular formula is C23H36O3. The summed E-state index contributed by atoms with van der Waals surface area (Å²) in [7, 11) is 0. The summed E-state index contributed by atoms with van der Waals surface area (Å²) in [5.41, 5.74) is 2.39. The summed E-state index contributed by atoms with van der Waals surface area (Å²) in [6, 6.07) is 10.3. The smallest absolute Gasteiger partial charge is 0.163 e. The van der Waals surface area contributed by atoms with Crippen LogP contribution in [0.3, 0.4) is 0 Å². The lowest BCUT2D eigenvalue weighted by atomic mass is 9.84. The zero-order chi connectivity index (χ0) is 19.3. The van der Waals surface area contributed by atoms with Crippen LogP contribution in [0.25, 0.3) is 0 Å². The molecule has 0 aliphatic carbocycles. The van der Waals surface area contributed by atoms with Crippen LogP contribution in [0.15, 0.2) is 42.5 Å². The van der Waals surface area contributed by atoms with E-state index >= 15 is 0 Å². The van der Waals surface area contributed by atoms with Crippen LogP contribution >= 0.6 is 0 Å². The fourth-order valence-corrected chi connectivity index (χ4v) is 3.62. The van der Waals surface area contributed by atoms with Gasteiger partial charge in [-0.3, -0.25) is 0 Å². The van der Waals surface area contributed by atoms with Gasteiger partial charge < -0.3 is 14.2 Å². The monoisotopic (exact) mass is 360 g/mol. The molecule has 3 heteroatoms. The van der Waals surface area contributed by atoms with Gasteiger partial charge in [-0.05, 0) is 31.7 Å². The van der Waals surface area contributed by atoms with Crippen LogP contribution in [0.4, 0.5) is 0 Å². The highest BCUT2D eigenvalue weighted by atomic mass is 16.7. The summed E-state index contributed by atoms with van der Waals surface area (Å²) >= 11 is 0. The Morgan fingerprint density at radius 3 is 2.42 bits per heavy atom. The van der Waals surface area contributed by atoms with Gasteiger partial charge in [-0.2, -0.15) is 0 Å². The van der Waals surface area contributed by atoms with Crippen LogP contribution < -0.4 is 0 Å². The number of hydrogen-bond acceptors (Lipinski definition) is 3. The van der Waals surface area contributed by atoms with Crippen molar-refractivity contribution in [1.29, 1.82) is 0 Å². The molecule has 0 N–H and O–H groups in total. The van der Waals surface area contributed by atoms with Crippen molar-refractivity contribution in [2.45, 2.75) is 72.6 Å². The average molecular weight is 361 g/mol. The zero-order valence-corrected chi connectivity index (χ0v) is 17.3. The van der Waals surface area contributed by atoms with E-state index in [-0.39, 0.29) is 12.2 Å². The maximum Gasteiger partial charge on any atom is 0.163 e. The van der Waals surface area contributed by atoms with Gasteiger partial charge in [0.2, 0.25) is 0 Å². The molecule has 1 aliphatic rings. The number of hydrogen-bond donors (Lipinski definition) is 0. The van der Waals surface area contributed by atoms with E-state index in [1.165, 1.54) is 11.1 Å². The average Bonchev–Trinajstić information content (AvgIpc) is 2.58. The van der Waals surface area contributed by atoms with Crippen molar-refractivity contribution in [3.63, 3.8) is 0 Å². The van der Waals surface area contributed by atoms with Gasteiger partial charge in [0.15, 0.2) is 5.79 Å². The SMILES string of the molecule is C=C(C[C@@H]1OC(C)(C)O[C@@H](C(C)C)[C@@H]1C)[C@H](C)COCc1ccccc1. The molecule has 0 unspecified atom stereocenters. The van der Waals surface area contributed by atoms with Crippen LogP contribution in [0.5, 0.6) is 0 Å². The largest absolute Gasteiger partial charge is 0.376 e. The second-order valence-corrected chi connectivity index (χ2v) is 8.51. The number of ether oxygens (including phenoxy) is 3. The highest BCUT2D eigenvalue weighted by Crippen LogP contribution is 2.37. The molecule has 1 aromatic rings. The standard InChI is InChI=1S/C23H36O3/c1-16(2)22-19(5)21(25-23(6,7)26-22)13-17(3)18(4)14-24-15-20-11-9-8-10-12-20/h8-12,16,18-19,21-22H,3,13-15H2,1-2,4-7H3/t18-,19-,21+,22+/m1/s1. The van der Waals surface area contributed by atoms with E-state index in [1.807, 2.05) is 32.0 Å². The van der Waals surface area contributed by atoms with E-state index in [0.29, 0.717) is 31.0 Å². The summed E-state index contributed by atoms with van der Waals surface area (Å²) in [6.07, 6.45) is 1.20. The minimum Gasteiger partial charge on any atom is -0.376 e. The second kappa shape index (κ2) is 9.16. The first kappa shape index (κ1) is 21.1. The Hall–Kier alpha value is -1.16. The Balaban J connectivity index is 1.86. The van der Waals surface area contributed by atoms with Crippen LogP contribution in [-0.2, 0) is 20.8 Å². The van der Waals surface area contributed by atoms with Gasteiger partial charge in [0.1, 0.15) is 0 Å². The van der Waals surface area contributed by atoms with Gasteiger partial charge in [0.05, 0.1) is 25.4 Å². The van der Waals surface area contributed by atoms with E-state index in [0.717, 1.165) is 6.42 Å². The molecule has 1 heterocycles. The minimum absolute atomic E-state index is 0.134. The first-order valence-corrected chi connectivity index (χ1v) is 9.84. The van der Waals surface area contributed by atoms with Crippen molar-refractivity contribution < 1.29 is 14.2 Å². The minimum atomic E-state index is -0.542. The molecule has 3 nitrogen and oxygen atoms in total. The molecule has 1 saturated heterocycles. The molecule has 0 saturated carbocycles. The zero-order valence-electron chi connectivity index (χ0n) is 17.3. The first-order chi connectivity index (χ1) is 12.2. The fourth-order valence-electron chi connectivity index (χ4n) is 3.62. The normalized spacial score (nSPS) is 26.7. The lowest BCUT2D eigenvalue weighted by molar-refractivity contribution is -0.325. The molecule has 1 fully saturated rings. The first-order valence-electron chi connectivity index (χ1n) is 9.84. The summed E-state index contributed by atoms with van der Waals surface area (Å²) in [5, 5.41) is 0. The summed E-state index contributed by atoms with van der Waals surface area (Å²) in [6.45, 7) is 18.5. The Bertz CT molecular complexity index is 564. The maximum absolute atomic E-state index is 6.24. The third-order valence-corrected chi connectivity index (χ3v) is 5.26. The lowest BCUT2D eigenvalue weighted by Crippen LogP contribution is -2.52. The van der Waals surface area contributed by atoms with E-state index in [4.69, 9.17) is 14.2 Å². The molecule has 0 radical (unpaired) electrons. The third kappa shape index (κ3) is 5.94. The molecule has 1 aliphatic heterocycles. The molecular weight excluding hydrogens is 324 g/mol. The molecule has 1 aromatic carbocycles.